The summed E-state index contributed by atoms with van der Waals surface area (Å²) in [4.78, 5) is 13.4. The van der Waals surface area contributed by atoms with Gasteiger partial charge in [0, 0.05) is 13.1 Å². The van der Waals surface area contributed by atoms with Crippen LogP contribution in [0.1, 0.15) is 28.8 Å². The second kappa shape index (κ2) is 6.73. The first-order valence-electron chi connectivity index (χ1n) is 8.06. The van der Waals surface area contributed by atoms with Gasteiger partial charge in [-0.15, -0.1) is 0 Å². The number of hydrogen-bond acceptors (Lipinski definition) is 3. The summed E-state index contributed by atoms with van der Waals surface area (Å²) in [7, 11) is 0. The maximum Gasteiger partial charge on any atom is 0.337 e. The zero-order chi connectivity index (χ0) is 16.2. The Kier molecular flexibility index (Phi) is 4.51. The number of hydrogen-bond donors (Lipinski definition) is 2. The lowest BCUT2D eigenvalue weighted by Gasteiger charge is -2.34. The predicted octanol–water partition coefficient (Wildman–Crippen LogP) is 3.43. The molecule has 0 radical (unpaired) electrons. The van der Waals surface area contributed by atoms with Crippen LogP contribution in [0.4, 0.5) is 11.4 Å². The normalized spacial score (nSPS) is 15.6. The molecular formula is C19H22N2O2. The van der Waals surface area contributed by atoms with Crippen molar-refractivity contribution in [2.24, 2.45) is 5.92 Å². The molecule has 0 aromatic heterocycles. The molecule has 23 heavy (non-hydrogen) atoms. The van der Waals surface area contributed by atoms with Gasteiger partial charge < -0.3 is 15.7 Å². The molecule has 0 atom stereocenters. The Morgan fingerprint density at radius 2 is 1.78 bits per heavy atom. The standard InChI is InChI=1S/C19H22N2O2/c20-18-16(19(22)23)7-4-8-17(18)21-11-9-15(10-12-21)13-14-5-2-1-3-6-14/h1-8,15H,9-13,20H2,(H,22,23). The molecule has 4 nitrogen and oxygen atoms in total. The minimum absolute atomic E-state index is 0.189. The smallest absolute Gasteiger partial charge is 0.337 e. The van der Waals surface area contributed by atoms with E-state index >= 15 is 0 Å². The third-order valence-corrected chi connectivity index (χ3v) is 4.64. The molecule has 1 aliphatic rings. The van der Waals surface area contributed by atoms with Crippen LogP contribution in [0.5, 0.6) is 0 Å². The highest BCUT2D eigenvalue weighted by atomic mass is 16.4. The summed E-state index contributed by atoms with van der Waals surface area (Å²) in [5.74, 6) is -0.291. The number of nitrogen functional groups attached to an aromatic ring is 1. The zero-order valence-electron chi connectivity index (χ0n) is 13.1. The second-order valence-corrected chi connectivity index (χ2v) is 6.16. The van der Waals surface area contributed by atoms with Crippen molar-refractivity contribution in [1.29, 1.82) is 0 Å². The molecular weight excluding hydrogens is 288 g/mol. The van der Waals surface area contributed by atoms with Gasteiger partial charge >= 0.3 is 5.97 Å². The van der Waals surface area contributed by atoms with Crippen molar-refractivity contribution in [3.8, 4) is 0 Å². The molecule has 0 saturated carbocycles. The van der Waals surface area contributed by atoms with E-state index in [9.17, 15) is 9.90 Å². The molecule has 0 amide bonds. The topological polar surface area (TPSA) is 66.6 Å². The van der Waals surface area contributed by atoms with Gasteiger partial charge in [-0.3, -0.25) is 0 Å². The Labute approximate surface area is 136 Å². The van der Waals surface area contributed by atoms with Gasteiger partial charge in [0.2, 0.25) is 0 Å². The van der Waals surface area contributed by atoms with Crippen LogP contribution in [0.2, 0.25) is 0 Å². The largest absolute Gasteiger partial charge is 0.478 e. The number of benzene rings is 2. The number of carbonyl (C=O) groups is 1. The molecule has 120 valence electrons. The second-order valence-electron chi connectivity index (χ2n) is 6.16. The Balaban J connectivity index is 1.65. The van der Waals surface area contributed by atoms with E-state index in [4.69, 9.17) is 5.73 Å². The Morgan fingerprint density at radius 3 is 2.43 bits per heavy atom. The van der Waals surface area contributed by atoms with Crippen molar-refractivity contribution in [1.82, 2.24) is 0 Å². The number of anilines is 2. The highest BCUT2D eigenvalue weighted by Crippen LogP contribution is 2.31. The lowest BCUT2D eigenvalue weighted by Crippen LogP contribution is -2.35. The average Bonchev–Trinajstić information content (AvgIpc) is 2.57. The van der Waals surface area contributed by atoms with Crippen molar-refractivity contribution in [3.63, 3.8) is 0 Å². The number of nitrogens with two attached hydrogens (primary N) is 1. The number of para-hydroxylation sites is 1. The van der Waals surface area contributed by atoms with E-state index in [2.05, 4.69) is 29.2 Å². The molecule has 1 aliphatic heterocycles. The molecule has 3 rings (SSSR count). The summed E-state index contributed by atoms with van der Waals surface area (Å²) in [6.07, 6.45) is 3.32. The quantitative estimate of drug-likeness (QED) is 0.849. The van der Waals surface area contributed by atoms with Gasteiger partial charge in [-0.25, -0.2) is 4.79 Å². The van der Waals surface area contributed by atoms with Gasteiger partial charge in [0.05, 0.1) is 16.9 Å². The molecule has 0 bridgehead atoms. The molecule has 0 spiro atoms. The van der Waals surface area contributed by atoms with E-state index < -0.39 is 5.97 Å². The van der Waals surface area contributed by atoms with Gasteiger partial charge in [0.15, 0.2) is 0 Å². The van der Waals surface area contributed by atoms with Gasteiger partial charge in [-0.2, -0.15) is 0 Å². The Morgan fingerprint density at radius 1 is 1.09 bits per heavy atom. The van der Waals surface area contributed by atoms with Crippen molar-refractivity contribution >= 4 is 17.3 Å². The van der Waals surface area contributed by atoms with Crippen LogP contribution in [0, 0.1) is 5.92 Å². The van der Waals surface area contributed by atoms with Crippen LogP contribution >= 0.6 is 0 Å². The molecule has 1 saturated heterocycles. The minimum Gasteiger partial charge on any atom is -0.478 e. The van der Waals surface area contributed by atoms with Gasteiger partial charge in [-0.05, 0) is 42.9 Å². The summed E-state index contributed by atoms with van der Waals surface area (Å²) < 4.78 is 0. The summed E-state index contributed by atoms with van der Waals surface area (Å²) in [6.45, 7) is 1.84. The Bertz CT molecular complexity index is 677. The van der Waals surface area contributed by atoms with E-state index in [1.54, 1.807) is 12.1 Å². The third kappa shape index (κ3) is 3.47. The number of aromatic carboxylic acids is 1. The first-order chi connectivity index (χ1) is 11.1. The fourth-order valence-electron chi connectivity index (χ4n) is 3.34. The lowest BCUT2D eigenvalue weighted by molar-refractivity contribution is 0.0698. The zero-order valence-corrected chi connectivity index (χ0v) is 13.1. The first-order valence-corrected chi connectivity index (χ1v) is 8.06. The van der Waals surface area contributed by atoms with Crippen LogP contribution in [0.15, 0.2) is 48.5 Å². The number of nitrogens with zero attached hydrogens (tertiary/aromatic N) is 1. The van der Waals surface area contributed by atoms with Gasteiger partial charge in [0.25, 0.3) is 0 Å². The monoisotopic (exact) mass is 310 g/mol. The molecule has 2 aromatic carbocycles. The van der Waals surface area contributed by atoms with Gasteiger partial charge in [0.1, 0.15) is 0 Å². The fraction of sp³-hybridized carbons (Fsp3) is 0.316. The van der Waals surface area contributed by atoms with Gasteiger partial charge in [-0.1, -0.05) is 36.4 Å². The third-order valence-electron chi connectivity index (χ3n) is 4.64. The van der Waals surface area contributed by atoms with E-state index in [0.29, 0.717) is 11.6 Å². The molecule has 1 heterocycles. The SMILES string of the molecule is Nc1c(C(=O)O)cccc1N1CCC(Cc2ccccc2)CC1. The Hall–Kier alpha value is -2.49. The highest BCUT2D eigenvalue weighted by molar-refractivity contribution is 5.97. The van der Waals surface area contributed by atoms with Crippen LogP contribution in [0.3, 0.4) is 0 Å². The van der Waals surface area contributed by atoms with Crippen LogP contribution in [0.25, 0.3) is 0 Å². The summed E-state index contributed by atoms with van der Waals surface area (Å²) in [5, 5.41) is 9.20. The van der Waals surface area contributed by atoms with Crippen LogP contribution in [-0.2, 0) is 6.42 Å². The van der Waals surface area contributed by atoms with Crippen molar-refractivity contribution in [3.05, 3.63) is 59.7 Å². The maximum absolute atomic E-state index is 11.2. The summed E-state index contributed by atoms with van der Waals surface area (Å²) in [5.41, 5.74) is 8.85. The molecule has 4 heteroatoms. The molecule has 2 aromatic rings. The van der Waals surface area contributed by atoms with Crippen LogP contribution in [-0.4, -0.2) is 24.2 Å². The number of carboxylic acids is 1. The summed E-state index contributed by atoms with van der Waals surface area (Å²) >= 11 is 0. The predicted molar refractivity (Wildman–Crippen MR) is 92.9 cm³/mol. The lowest BCUT2D eigenvalue weighted by atomic mass is 9.90. The van der Waals surface area contributed by atoms with Crippen LogP contribution < -0.4 is 10.6 Å². The molecule has 0 aliphatic carbocycles. The minimum atomic E-state index is -0.969. The molecule has 1 fully saturated rings. The highest BCUT2D eigenvalue weighted by Gasteiger charge is 2.22. The van der Waals surface area contributed by atoms with E-state index in [1.165, 1.54) is 5.56 Å². The molecule has 3 N–H and O–H groups in total. The van der Waals surface area contributed by atoms with E-state index in [-0.39, 0.29) is 5.56 Å². The van der Waals surface area contributed by atoms with Crippen molar-refractivity contribution in [2.75, 3.05) is 23.7 Å². The maximum atomic E-state index is 11.2. The average molecular weight is 310 g/mol. The number of piperidine rings is 1. The first kappa shape index (κ1) is 15.4. The van der Waals surface area contributed by atoms with E-state index in [1.807, 2.05) is 12.1 Å². The number of carboxylic acid groups (broad SMARTS) is 1. The number of rotatable bonds is 4. The van der Waals surface area contributed by atoms with Crippen molar-refractivity contribution in [2.45, 2.75) is 19.3 Å². The van der Waals surface area contributed by atoms with E-state index in [0.717, 1.165) is 38.0 Å². The fourth-order valence-corrected chi connectivity index (χ4v) is 3.34. The van der Waals surface area contributed by atoms with Crippen molar-refractivity contribution < 1.29 is 9.90 Å². The molecule has 0 unspecified atom stereocenters. The summed E-state index contributed by atoms with van der Waals surface area (Å²) in [6, 6.07) is 15.8.